The molecule has 0 aliphatic carbocycles. The molecule has 1 fully saturated rings. The first-order valence-corrected chi connectivity index (χ1v) is 7.00. The molecule has 0 amide bonds. The molecule has 1 aromatic carbocycles. The standard InChI is InChI=1S/C15H19F4NO/c1-9-7-14(12(10(2)21)8-13(9)16)20-5-3-11(4-6-20)15(17,18)19/h7-8,10-11,21H,3-6H2,1-2H3. The molecule has 2 rings (SSSR count). The Kier molecular flexibility index (Phi) is 4.46. The van der Waals surface area contributed by atoms with Crippen molar-refractivity contribution >= 4 is 5.69 Å². The highest BCUT2D eigenvalue weighted by molar-refractivity contribution is 5.57. The molecular formula is C15H19F4NO. The van der Waals surface area contributed by atoms with E-state index in [1.54, 1.807) is 17.9 Å². The molecule has 1 aliphatic rings. The molecule has 0 bridgehead atoms. The van der Waals surface area contributed by atoms with E-state index >= 15 is 0 Å². The summed E-state index contributed by atoms with van der Waals surface area (Å²) in [5, 5.41) is 9.76. The van der Waals surface area contributed by atoms with E-state index in [2.05, 4.69) is 0 Å². The van der Waals surface area contributed by atoms with Gasteiger partial charge in [0, 0.05) is 24.3 Å². The van der Waals surface area contributed by atoms with Gasteiger partial charge in [-0.3, -0.25) is 0 Å². The van der Waals surface area contributed by atoms with Gasteiger partial charge in [0.05, 0.1) is 12.0 Å². The van der Waals surface area contributed by atoms with E-state index in [0.717, 1.165) is 0 Å². The molecule has 2 nitrogen and oxygen atoms in total. The van der Waals surface area contributed by atoms with Gasteiger partial charge in [0.2, 0.25) is 0 Å². The fraction of sp³-hybridized carbons (Fsp3) is 0.600. The van der Waals surface area contributed by atoms with Gasteiger partial charge < -0.3 is 10.0 Å². The van der Waals surface area contributed by atoms with Crippen LogP contribution < -0.4 is 4.90 Å². The zero-order chi connectivity index (χ0) is 15.8. The van der Waals surface area contributed by atoms with Crippen LogP contribution in [0.4, 0.5) is 23.2 Å². The van der Waals surface area contributed by atoms with Crippen molar-refractivity contribution in [3.63, 3.8) is 0 Å². The third-order valence-corrected chi connectivity index (χ3v) is 4.06. The van der Waals surface area contributed by atoms with Gasteiger partial charge in [-0.25, -0.2) is 4.39 Å². The van der Waals surface area contributed by atoms with Gasteiger partial charge in [-0.15, -0.1) is 0 Å². The highest BCUT2D eigenvalue weighted by atomic mass is 19.4. The van der Waals surface area contributed by atoms with Gasteiger partial charge in [-0.2, -0.15) is 13.2 Å². The monoisotopic (exact) mass is 305 g/mol. The Labute approximate surface area is 121 Å². The maximum absolute atomic E-state index is 13.6. The average molecular weight is 305 g/mol. The molecule has 0 radical (unpaired) electrons. The molecule has 1 unspecified atom stereocenters. The number of halogens is 4. The minimum absolute atomic E-state index is 0.0270. The molecule has 1 saturated heterocycles. The normalized spacial score (nSPS) is 18.9. The summed E-state index contributed by atoms with van der Waals surface area (Å²) in [6.07, 6.45) is -4.97. The van der Waals surface area contributed by atoms with Crippen LogP contribution in [0.2, 0.25) is 0 Å². The first-order chi connectivity index (χ1) is 9.70. The number of rotatable bonds is 2. The van der Waals surface area contributed by atoms with Crippen molar-refractivity contribution < 1.29 is 22.7 Å². The van der Waals surface area contributed by atoms with E-state index < -0.39 is 24.0 Å². The van der Waals surface area contributed by atoms with Crippen LogP contribution >= 0.6 is 0 Å². The summed E-state index contributed by atoms with van der Waals surface area (Å²) >= 11 is 0. The van der Waals surface area contributed by atoms with E-state index in [1.165, 1.54) is 13.0 Å². The lowest BCUT2D eigenvalue weighted by Gasteiger charge is -2.36. The van der Waals surface area contributed by atoms with E-state index in [0.29, 0.717) is 16.8 Å². The summed E-state index contributed by atoms with van der Waals surface area (Å²) < 4.78 is 51.7. The molecule has 1 aromatic rings. The van der Waals surface area contributed by atoms with Gasteiger partial charge >= 0.3 is 6.18 Å². The molecule has 1 atom stereocenters. The molecule has 21 heavy (non-hydrogen) atoms. The van der Waals surface area contributed by atoms with Crippen molar-refractivity contribution in [2.75, 3.05) is 18.0 Å². The quantitative estimate of drug-likeness (QED) is 0.836. The Bertz CT molecular complexity index is 505. The van der Waals surface area contributed by atoms with E-state index in [-0.39, 0.29) is 25.9 Å². The lowest BCUT2D eigenvalue weighted by molar-refractivity contribution is -0.179. The lowest BCUT2D eigenvalue weighted by atomic mass is 9.94. The van der Waals surface area contributed by atoms with Gasteiger partial charge in [0.15, 0.2) is 0 Å². The first kappa shape index (κ1) is 16.1. The highest BCUT2D eigenvalue weighted by Crippen LogP contribution is 2.37. The number of aliphatic hydroxyl groups excluding tert-OH is 1. The highest BCUT2D eigenvalue weighted by Gasteiger charge is 2.41. The zero-order valence-corrected chi connectivity index (χ0v) is 12.0. The number of hydrogen-bond donors (Lipinski definition) is 1. The van der Waals surface area contributed by atoms with Crippen LogP contribution in [0.1, 0.15) is 37.0 Å². The van der Waals surface area contributed by atoms with Crippen molar-refractivity contribution in [1.29, 1.82) is 0 Å². The maximum atomic E-state index is 13.6. The summed E-state index contributed by atoms with van der Waals surface area (Å²) in [6, 6.07) is 2.87. The van der Waals surface area contributed by atoms with Crippen LogP contribution in [0, 0.1) is 18.7 Å². The fourth-order valence-electron chi connectivity index (χ4n) is 2.74. The fourth-order valence-corrected chi connectivity index (χ4v) is 2.74. The summed E-state index contributed by atoms with van der Waals surface area (Å²) in [7, 11) is 0. The summed E-state index contributed by atoms with van der Waals surface area (Å²) in [5.74, 6) is -1.69. The summed E-state index contributed by atoms with van der Waals surface area (Å²) in [6.45, 7) is 3.65. The Morgan fingerprint density at radius 2 is 1.81 bits per heavy atom. The van der Waals surface area contributed by atoms with Crippen LogP contribution in [-0.2, 0) is 0 Å². The number of hydrogen-bond acceptors (Lipinski definition) is 2. The predicted molar refractivity (Wildman–Crippen MR) is 72.8 cm³/mol. The Balaban J connectivity index is 2.22. The zero-order valence-electron chi connectivity index (χ0n) is 12.0. The number of nitrogens with zero attached hydrogens (tertiary/aromatic N) is 1. The Morgan fingerprint density at radius 3 is 2.29 bits per heavy atom. The average Bonchev–Trinajstić information content (AvgIpc) is 2.40. The van der Waals surface area contributed by atoms with Crippen molar-refractivity contribution in [2.45, 2.75) is 39.0 Å². The van der Waals surface area contributed by atoms with E-state index in [1.807, 2.05) is 0 Å². The molecule has 6 heteroatoms. The van der Waals surface area contributed by atoms with Gasteiger partial charge in [-0.1, -0.05) is 0 Å². The number of alkyl halides is 3. The van der Waals surface area contributed by atoms with Gasteiger partial charge in [0.1, 0.15) is 5.82 Å². The smallest absolute Gasteiger partial charge is 0.389 e. The number of aryl methyl sites for hydroxylation is 1. The molecule has 118 valence electrons. The van der Waals surface area contributed by atoms with Crippen molar-refractivity contribution in [3.05, 3.63) is 29.1 Å². The molecule has 0 saturated carbocycles. The van der Waals surface area contributed by atoms with Crippen molar-refractivity contribution in [2.24, 2.45) is 5.92 Å². The van der Waals surface area contributed by atoms with Gasteiger partial charge in [0.25, 0.3) is 0 Å². The largest absolute Gasteiger partial charge is 0.391 e. The molecule has 1 heterocycles. The van der Waals surface area contributed by atoms with Crippen molar-refractivity contribution in [3.8, 4) is 0 Å². The number of anilines is 1. The third-order valence-electron chi connectivity index (χ3n) is 4.06. The molecule has 0 spiro atoms. The predicted octanol–water partition coefficient (Wildman–Crippen LogP) is 3.97. The topological polar surface area (TPSA) is 23.5 Å². The van der Waals surface area contributed by atoms with Crippen LogP contribution in [0.15, 0.2) is 12.1 Å². The summed E-state index contributed by atoms with van der Waals surface area (Å²) in [5.41, 5.74) is 1.47. The molecule has 1 aliphatic heterocycles. The molecule has 1 N–H and O–H groups in total. The van der Waals surface area contributed by atoms with E-state index in [4.69, 9.17) is 0 Å². The number of benzene rings is 1. The van der Waals surface area contributed by atoms with E-state index in [9.17, 15) is 22.7 Å². The van der Waals surface area contributed by atoms with Crippen molar-refractivity contribution in [1.82, 2.24) is 0 Å². The Hall–Kier alpha value is -1.30. The van der Waals surface area contributed by atoms with Crippen LogP contribution in [0.3, 0.4) is 0 Å². The minimum atomic E-state index is -4.15. The molecular weight excluding hydrogens is 286 g/mol. The van der Waals surface area contributed by atoms with Crippen LogP contribution in [-0.4, -0.2) is 24.4 Å². The summed E-state index contributed by atoms with van der Waals surface area (Å²) in [4.78, 5) is 1.80. The molecule has 0 aromatic heterocycles. The van der Waals surface area contributed by atoms with Crippen LogP contribution in [0.25, 0.3) is 0 Å². The number of aliphatic hydroxyl groups is 1. The maximum Gasteiger partial charge on any atom is 0.391 e. The third kappa shape index (κ3) is 3.48. The number of piperidine rings is 1. The second-order valence-electron chi connectivity index (χ2n) is 5.64. The van der Waals surface area contributed by atoms with Crippen LogP contribution in [0.5, 0.6) is 0 Å². The Morgan fingerprint density at radius 1 is 1.24 bits per heavy atom. The minimum Gasteiger partial charge on any atom is -0.389 e. The first-order valence-electron chi connectivity index (χ1n) is 7.00. The second-order valence-corrected chi connectivity index (χ2v) is 5.64. The van der Waals surface area contributed by atoms with Gasteiger partial charge in [-0.05, 0) is 44.4 Å². The second kappa shape index (κ2) is 5.83. The lowest BCUT2D eigenvalue weighted by Crippen LogP contribution is -2.39. The SMILES string of the molecule is Cc1cc(N2CCC(C(F)(F)F)CC2)c(C(C)O)cc1F.